The van der Waals surface area contributed by atoms with E-state index in [0.29, 0.717) is 29.1 Å². The van der Waals surface area contributed by atoms with E-state index in [4.69, 9.17) is 4.74 Å². The first-order valence-electron chi connectivity index (χ1n) is 13.2. The van der Waals surface area contributed by atoms with Crippen LogP contribution in [0.5, 0.6) is 5.75 Å². The Hall–Kier alpha value is -5.05. The van der Waals surface area contributed by atoms with Crippen LogP contribution in [-0.4, -0.2) is 38.2 Å². The number of aromatic amines is 2. The van der Waals surface area contributed by atoms with Crippen LogP contribution < -0.4 is 10.1 Å². The van der Waals surface area contributed by atoms with E-state index in [-0.39, 0.29) is 11.3 Å². The van der Waals surface area contributed by atoms with Crippen molar-refractivity contribution in [3.8, 4) is 39.5 Å². The molecule has 1 amide bonds. The fraction of sp³-hybridized carbons (Fsp3) is 0.188. The summed E-state index contributed by atoms with van der Waals surface area (Å²) in [5.41, 5.74) is 6.86. The van der Waals surface area contributed by atoms with Crippen LogP contribution in [0.3, 0.4) is 0 Å². The topological polar surface area (TPSA) is 109 Å². The predicted molar refractivity (Wildman–Crippen MR) is 159 cm³/mol. The molecule has 41 heavy (non-hydrogen) atoms. The smallest absolute Gasteiger partial charge is 0.224 e. The molecule has 0 bridgehead atoms. The number of aromatic nitrogens is 5. The molecular weight excluding hydrogens is 519 g/mol. The molecule has 0 saturated carbocycles. The van der Waals surface area contributed by atoms with Gasteiger partial charge in [-0.25, -0.2) is 4.39 Å². The van der Waals surface area contributed by atoms with Crippen molar-refractivity contribution in [2.24, 2.45) is 5.41 Å². The lowest BCUT2D eigenvalue weighted by Gasteiger charge is -2.17. The molecule has 0 saturated heterocycles. The third kappa shape index (κ3) is 5.38. The number of halogens is 1. The molecule has 4 aromatic heterocycles. The van der Waals surface area contributed by atoms with Gasteiger partial charge in [0, 0.05) is 52.3 Å². The van der Waals surface area contributed by atoms with Crippen LogP contribution in [0.25, 0.3) is 55.6 Å². The zero-order valence-corrected chi connectivity index (χ0v) is 23.2. The third-order valence-electron chi connectivity index (χ3n) is 6.79. The van der Waals surface area contributed by atoms with Gasteiger partial charge in [-0.05, 0) is 53.4 Å². The fourth-order valence-corrected chi connectivity index (χ4v) is 4.98. The van der Waals surface area contributed by atoms with E-state index >= 15 is 0 Å². The number of rotatable bonds is 6. The zero-order valence-electron chi connectivity index (χ0n) is 23.2. The van der Waals surface area contributed by atoms with Gasteiger partial charge < -0.3 is 15.0 Å². The molecule has 0 unspecified atom stereocenters. The highest BCUT2D eigenvalue weighted by Gasteiger charge is 2.18. The quantitative estimate of drug-likeness (QED) is 0.202. The second kappa shape index (κ2) is 10.2. The molecule has 6 rings (SSSR count). The maximum Gasteiger partial charge on any atom is 0.224 e. The van der Waals surface area contributed by atoms with E-state index in [1.807, 2.05) is 57.2 Å². The molecule has 9 heteroatoms. The largest absolute Gasteiger partial charge is 0.497 e. The van der Waals surface area contributed by atoms with Crippen molar-refractivity contribution < 1.29 is 13.9 Å². The normalized spacial score (nSPS) is 11.7. The first-order valence-corrected chi connectivity index (χ1v) is 13.2. The number of fused-ring (bicyclic) bond motifs is 2. The van der Waals surface area contributed by atoms with E-state index in [9.17, 15) is 9.18 Å². The molecule has 6 aromatic rings. The number of anilines is 1. The Morgan fingerprint density at radius 2 is 1.76 bits per heavy atom. The second-order valence-electron chi connectivity index (χ2n) is 11.3. The number of hydrogen-bond donors (Lipinski definition) is 3. The van der Waals surface area contributed by atoms with Gasteiger partial charge in [0.15, 0.2) is 0 Å². The van der Waals surface area contributed by atoms with E-state index in [1.165, 1.54) is 19.2 Å². The van der Waals surface area contributed by atoms with E-state index in [0.717, 1.165) is 44.3 Å². The number of amides is 1. The van der Waals surface area contributed by atoms with E-state index in [2.05, 4.69) is 30.5 Å². The molecule has 0 aliphatic carbocycles. The molecule has 3 N–H and O–H groups in total. The van der Waals surface area contributed by atoms with Crippen LogP contribution in [-0.2, 0) is 4.79 Å². The lowest BCUT2D eigenvalue weighted by molar-refractivity contribution is -0.117. The van der Waals surface area contributed by atoms with Crippen molar-refractivity contribution in [1.82, 2.24) is 25.1 Å². The zero-order chi connectivity index (χ0) is 28.7. The fourth-order valence-electron chi connectivity index (χ4n) is 4.98. The van der Waals surface area contributed by atoms with Crippen molar-refractivity contribution in [3.63, 3.8) is 0 Å². The maximum absolute atomic E-state index is 14.3. The summed E-state index contributed by atoms with van der Waals surface area (Å²) in [6, 6.07) is 16.3. The second-order valence-corrected chi connectivity index (χ2v) is 11.3. The molecule has 0 spiro atoms. The van der Waals surface area contributed by atoms with Crippen molar-refractivity contribution in [2.75, 3.05) is 12.4 Å². The first kappa shape index (κ1) is 26.2. The summed E-state index contributed by atoms with van der Waals surface area (Å²) >= 11 is 0. The Kier molecular flexibility index (Phi) is 6.49. The number of carbonyl (C=O) groups is 1. The number of nitrogens with one attached hydrogen (secondary N) is 3. The predicted octanol–water partition coefficient (Wildman–Crippen LogP) is 7.36. The summed E-state index contributed by atoms with van der Waals surface area (Å²) in [7, 11) is 1.51. The van der Waals surface area contributed by atoms with E-state index < -0.39 is 5.82 Å². The number of hydrogen-bond acceptors (Lipinski definition) is 5. The van der Waals surface area contributed by atoms with Gasteiger partial charge in [-0.2, -0.15) is 5.10 Å². The van der Waals surface area contributed by atoms with Crippen molar-refractivity contribution >= 4 is 33.4 Å². The summed E-state index contributed by atoms with van der Waals surface area (Å²) in [6.07, 6.45) is 5.52. The molecule has 0 radical (unpaired) electrons. The van der Waals surface area contributed by atoms with Gasteiger partial charge in [-0.1, -0.05) is 26.8 Å². The van der Waals surface area contributed by atoms with Gasteiger partial charge in [0.2, 0.25) is 5.91 Å². The van der Waals surface area contributed by atoms with Gasteiger partial charge in [0.25, 0.3) is 0 Å². The van der Waals surface area contributed by atoms with Crippen LogP contribution in [0, 0.1) is 11.2 Å². The van der Waals surface area contributed by atoms with Crippen molar-refractivity contribution in [3.05, 3.63) is 79.0 Å². The Balaban J connectivity index is 1.37. The lowest BCUT2D eigenvalue weighted by atomic mass is 9.92. The molecule has 0 aliphatic heterocycles. The number of H-pyrrole nitrogens is 2. The number of carbonyl (C=O) groups excluding carboxylic acids is 1. The maximum atomic E-state index is 14.3. The Bertz CT molecular complexity index is 1920. The SMILES string of the molecule is COc1cc(F)cc(-c2nccc3[nH]c(-c4n[nH]c5ccc(-c6cncc(NC(=O)CC(C)(C)C)c6)cc45)cc23)c1. The number of ether oxygens (including phenoxy) is 1. The van der Waals surface area contributed by atoms with Gasteiger partial charge >= 0.3 is 0 Å². The van der Waals surface area contributed by atoms with Gasteiger partial charge in [-0.15, -0.1) is 0 Å². The number of pyridine rings is 2. The molecule has 0 atom stereocenters. The number of nitrogens with zero attached hydrogens (tertiary/aromatic N) is 3. The molecular formula is C32H29FN6O2. The average molecular weight is 549 g/mol. The highest BCUT2D eigenvalue weighted by Crippen LogP contribution is 2.35. The molecule has 8 nitrogen and oxygen atoms in total. The average Bonchev–Trinajstić information content (AvgIpc) is 3.55. The molecule has 4 heterocycles. The molecule has 206 valence electrons. The highest BCUT2D eigenvalue weighted by atomic mass is 19.1. The lowest BCUT2D eigenvalue weighted by Crippen LogP contribution is -2.19. The van der Waals surface area contributed by atoms with Gasteiger partial charge in [-0.3, -0.25) is 19.9 Å². The van der Waals surface area contributed by atoms with E-state index in [1.54, 1.807) is 24.7 Å². The Morgan fingerprint density at radius 3 is 2.56 bits per heavy atom. The highest BCUT2D eigenvalue weighted by molar-refractivity contribution is 6.01. The van der Waals surface area contributed by atoms with Crippen LogP contribution in [0.2, 0.25) is 0 Å². The van der Waals surface area contributed by atoms with Crippen molar-refractivity contribution in [1.29, 1.82) is 0 Å². The summed E-state index contributed by atoms with van der Waals surface area (Å²) in [5.74, 6) is -0.0202. The minimum absolute atomic E-state index is 0.0478. The minimum Gasteiger partial charge on any atom is -0.497 e. The Morgan fingerprint density at radius 1 is 0.927 bits per heavy atom. The molecule has 0 fully saturated rings. The minimum atomic E-state index is -0.396. The summed E-state index contributed by atoms with van der Waals surface area (Å²) in [5, 5.41) is 12.4. The monoisotopic (exact) mass is 548 g/mol. The molecule has 2 aromatic carbocycles. The first-order chi connectivity index (χ1) is 19.7. The van der Waals surface area contributed by atoms with Crippen LogP contribution in [0.15, 0.2) is 73.2 Å². The van der Waals surface area contributed by atoms with Crippen molar-refractivity contribution in [2.45, 2.75) is 27.2 Å². The number of methoxy groups -OCH3 is 1. The van der Waals surface area contributed by atoms with Crippen LogP contribution in [0.4, 0.5) is 10.1 Å². The summed E-state index contributed by atoms with van der Waals surface area (Å²) in [6.45, 7) is 6.09. The summed E-state index contributed by atoms with van der Waals surface area (Å²) in [4.78, 5) is 24.8. The van der Waals surface area contributed by atoms with Gasteiger partial charge in [0.05, 0.1) is 35.9 Å². The number of benzene rings is 2. The van der Waals surface area contributed by atoms with Gasteiger partial charge in [0.1, 0.15) is 17.3 Å². The standard InChI is InChI=1S/C32H29FN6O2/c1-32(2,3)15-29(40)36-22-10-20(16-34-17-22)18-5-6-27-24(12-18)31(39-38-27)28-14-25-26(37-28)7-8-35-30(25)19-9-21(33)13-23(11-19)41-4/h5-14,16-17,37H,15H2,1-4H3,(H,36,40)(H,38,39). The third-order valence-corrected chi connectivity index (χ3v) is 6.79. The summed E-state index contributed by atoms with van der Waals surface area (Å²) < 4.78 is 19.5. The van der Waals surface area contributed by atoms with Crippen LogP contribution >= 0.6 is 0 Å². The molecule has 0 aliphatic rings. The Labute approximate surface area is 236 Å². The van der Waals surface area contributed by atoms with Crippen LogP contribution in [0.1, 0.15) is 27.2 Å².